The van der Waals surface area contributed by atoms with Crippen LogP contribution in [0, 0.1) is 0 Å². The van der Waals surface area contributed by atoms with Gasteiger partial charge in [0.15, 0.2) is 0 Å². The molecule has 1 aromatic rings. The summed E-state index contributed by atoms with van der Waals surface area (Å²) in [7, 11) is 4.24. The molecule has 5 heteroatoms. The van der Waals surface area contributed by atoms with Gasteiger partial charge in [0, 0.05) is 30.6 Å². The molecule has 0 radical (unpaired) electrons. The van der Waals surface area contributed by atoms with Crippen molar-refractivity contribution < 1.29 is 9.59 Å². The molecular formula is C21H33N3O2. The third-order valence-corrected chi connectivity index (χ3v) is 5.50. The number of benzene rings is 1. The van der Waals surface area contributed by atoms with Crippen molar-refractivity contribution in [3.05, 3.63) is 35.9 Å². The third-order valence-electron chi connectivity index (χ3n) is 5.50. The van der Waals surface area contributed by atoms with E-state index in [0.717, 1.165) is 19.4 Å². The molecule has 0 bridgehead atoms. The molecule has 1 fully saturated rings. The normalized spacial score (nSPS) is 16.7. The highest BCUT2D eigenvalue weighted by Gasteiger charge is 2.33. The summed E-state index contributed by atoms with van der Waals surface area (Å²) in [6.07, 6.45) is 8.45. The van der Waals surface area contributed by atoms with Crippen molar-refractivity contribution in [1.82, 2.24) is 15.5 Å². The van der Waals surface area contributed by atoms with Gasteiger partial charge in [-0.15, -0.1) is 0 Å². The van der Waals surface area contributed by atoms with Crippen LogP contribution < -0.4 is 10.6 Å². The first-order valence-corrected chi connectivity index (χ1v) is 9.81. The summed E-state index contributed by atoms with van der Waals surface area (Å²) in [5, 5.41) is 6.00. The molecule has 1 aliphatic carbocycles. The maximum Gasteiger partial charge on any atom is 0.251 e. The molecule has 0 spiro atoms. The summed E-state index contributed by atoms with van der Waals surface area (Å²) in [5.41, 5.74) is 0.742. The van der Waals surface area contributed by atoms with E-state index in [1.165, 1.54) is 25.7 Å². The van der Waals surface area contributed by atoms with Gasteiger partial charge in [-0.2, -0.15) is 0 Å². The fourth-order valence-corrected chi connectivity index (χ4v) is 3.66. The van der Waals surface area contributed by atoms with Crippen molar-refractivity contribution in [2.75, 3.05) is 27.2 Å². The molecule has 1 aliphatic rings. The molecule has 1 aromatic carbocycles. The van der Waals surface area contributed by atoms with E-state index < -0.39 is 0 Å². The average molecular weight is 360 g/mol. The Kier molecular flexibility index (Phi) is 8.10. The number of rotatable bonds is 8. The first-order chi connectivity index (χ1) is 12.5. The van der Waals surface area contributed by atoms with E-state index in [9.17, 15) is 9.59 Å². The van der Waals surface area contributed by atoms with Gasteiger partial charge in [0.05, 0.1) is 0 Å². The lowest BCUT2D eigenvalue weighted by Crippen LogP contribution is -2.52. The molecule has 0 saturated heterocycles. The van der Waals surface area contributed by atoms with Crippen LogP contribution in [0.1, 0.15) is 61.7 Å². The number of carbonyl (C=O) groups excluding carboxylic acids is 2. The average Bonchev–Trinajstić information content (AvgIpc) is 2.91. The molecule has 5 nitrogen and oxygen atoms in total. The minimum absolute atomic E-state index is 0.0735. The van der Waals surface area contributed by atoms with Crippen LogP contribution in [0.25, 0.3) is 0 Å². The van der Waals surface area contributed by atoms with Crippen LogP contribution in [0.3, 0.4) is 0 Å². The molecule has 0 heterocycles. The van der Waals surface area contributed by atoms with E-state index in [2.05, 4.69) is 29.6 Å². The standard InChI is InChI=1S/C21H33N3O2/c1-24(2)21(14-8-3-4-9-15-21)17-23-19(25)13-10-16-22-20(26)18-11-6-5-7-12-18/h5-7,11-12H,3-4,8-10,13-17H2,1-2H3,(H,22,26)(H,23,25). The lowest BCUT2D eigenvalue weighted by molar-refractivity contribution is -0.121. The Morgan fingerprint density at radius 2 is 1.65 bits per heavy atom. The molecule has 2 rings (SSSR count). The zero-order valence-corrected chi connectivity index (χ0v) is 16.2. The maximum absolute atomic E-state index is 12.2. The van der Waals surface area contributed by atoms with Gasteiger partial charge >= 0.3 is 0 Å². The number of hydrogen-bond acceptors (Lipinski definition) is 3. The van der Waals surface area contributed by atoms with Crippen molar-refractivity contribution in [3.63, 3.8) is 0 Å². The Labute approximate surface area is 157 Å². The summed E-state index contributed by atoms with van der Waals surface area (Å²) in [6.45, 7) is 1.23. The number of amides is 2. The third kappa shape index (κ3) is 6.13. The highest BCUT2D eigenvalue weighted by Crippen LogP contribution is 2.30. The molecule has 144 valence electrons. The second kappa shape index (κ2) is 10.3. The van der Waals surface area contributed by atoms with Gasteiger partial charge in [0.2, 0.25) is 5.91 Å². The van der Waals surface area contributed by atoms with E-state index in [0.29, 0.717) is 24.9 Å². The van der Waals surface area contributed by atoms with Crippen LogP contribution in [0.2, 0.25) is 0 Å². The van der Waals surface area contributed by atoms with Gasteiger partial charge in [0.25, 0.3) is 5.91 Å². The monoisotopic (exact) mass is 359 g/mol. The minimum Gasteiger partial charge on any atom is -0.354 e. The van der Waals surface area contributed by atoms with Crippen LogP contribution in [-0.2, 0) is 4.79 Å². The Bertz CT molecular complexity index is 564. The van der Waals surface area contributed by atoms with Gasteiger partial charge in [-0.25, -0.2) is 0 Å². The summed E-state index contributed by atoms with van der Waals surface area (Å²) >= 11 is 0. The fraction of sp³-hybridized carbons (Fsp3) is 0.619. The van der Waals surface area contributed by atoms with Crippen LogP contribution in [0.5, 0.6) is 0 Å². The van der Waals surface area contributed by atoms with Crippen LogP contribution in [-0.4, -0.2) is 49.4 Å². The molecule has 0 atom stereocenters. The molecule has 2 amide bonds. The van der Waals surface area contributed by atoms with Gasteiger partial charge in [-0.3, -0.25) is 9.59 Å². The Balaban J connectivity index is 1.68. The Hall–Kier alpha value is -1.88. The van der Waals surface area contributed by atoms with Gasteiger partial charge in [-0.05, 0) is 45.5 Å². The first-order valence-electron chi connectivity index (χ1n) is 9.81. The number of nitrogens with zero attached hydrogens (tertiary/aromatic N) is 1. The second-order valence-electron chi connectivity index (χ2n) is 7.54. The van der Waals surface area contributed by atoms with Crippen molar-refractivity contribution in [1.29, 1.82) is 0 Å². The van der Waals surface area contributed by atoms with Crippen LogP contribution in [0.4, 0.5) is 0 Å². The number of likely N-dealkylation sites (N-methyl/N-ethyl adjacent to an activating group) is 1. The zero-order valence-electron chi connectivity index (χ0n) is 16.2. The van der Waals surface area contributed by atoms with E-state index in [1.807, 2.05) is 18.2 Å². The van der Waals surface area contributed by atoms with Crippen molar-refractivity contribution >= 4 is 11.8 Å². The SMILES string of the molecule is CN(C)C1(CNC(=O)CCCNC(=O)c2ccccc2)CCCCCC1. The number of nitrogens with one attached hydrogen (secondary N) is 2. The Morgan fingerprint density at radius 3 is 2.27 bits per heavy atom. The zero-order chi connectivity index (χ0) is 18.8. The van der Waals surface area contributed by atoms with E-state index in [-0.39, 0.29) is 17.4 Å². The topological polar surface area (TPSA) is 61.4 Å². The molecule has 2 N–H and O–H groups in total. The highest BCUT2D eigenvalue weighted by molar-refractivity contribution is 5.94. The smallest absolute Gasteiger partial charge is 0.251 e. The predicted octanol–water partition coefficient (Wildman–Crippen LogP) is 2.97. The highest BCUT2D eigenvalue weighted by atomic mass is 16.2. The molecule has 26 heavy (non-hydrogen) atoms. The summed E-state index contributed by atoms with van der Waals surface area (Å²) < 4.78 is 0. The minimum atomic E-state index is -0.0870. The lowest BCUT2D eigenvalue weighted by Gasteiger charge is -2.39. The van der Waals surface area contributed by atoms with Crippen molar-refractivity contribution in [2.45, 2.75) is 56.9 Å². The molecule has 0 unspecified atom stereocenters. The maximum atomic E-state index is 12.2. The Morgan fingerprint density at radius 1 is 1.00 bits per heavy atom. The molecule has 0 aromatic heterocycles. The van der Waals surface area contributed by atoms with Gasteiger partial charge in [0.1, 0.15) is 0 Å². The molecule has 0 aliphatic heterocycles. The fourth-order valence-electron chi connectivity index (χ4n) is 3.66. The quantitative estimate of drug-likeness (QED) is 0.554. The van der Waals surface area contributed by atoms with E-state index >= 15 is 0 Å². The predicted molar refractivity (Wildman–Crippen MR) is 105 cm³/mol. The molecular weight excluding hydrogens is 326 g/mol. The first kappa shape index (κ1) is 20.4. The van der Waals surface area contributed by atoms with Crippen LogP contribution in [0.15, 0.2) is 30.3 Å². The number of carbonyl (C=O) groups is 2. The number of hydrogen-bond donors (Lipinski definition) is 2. The van der Waals surface area contributed by atoms with E-state index in [4.69, 9.17) is 0 Å². The van der Waals surface area contributed by atoms with Gasteiger partial charge in [-0.1, -0.05) is 43.9 Å². The lowest BCUT2D eigenvalue weighted by atomic mass is 9.88. The van der Waals surface area contributed by atoms with E-state index in [1.54, 1.807) is 12.1 Å². The molecule has 1 saturated carbocycles. The summed E-state index contributed by atoms with van der Waals surface area (Å²) in [5.74, 6) is -0.0135. The van der Waals surface area contributed by atoms with Crippen molar-refractivity contribution in [3.8, 4) is 0 Å². The summed E-state index contributed by atoms with van der Waals surface area (Å²) in [4.78, 5) is 26.5. The second-order valence-corrected chi connectivity index (χ2v) is 7.54. The largest absolute Gasteiger partial charge is 0.354 e. The van der Waals surface area contributed by atoms with Crippen molar-refractivity contribution in [2.24, 2.45) is 0 Å². The summed E-state index contributed by atoms with van der Waals surface area (Å²) in [6, 6.07) is 9.15. The van der Waals surface area contributed by atoms with Gasteiger partial charge < -0.3 is 15.5 Å². The van der Waals surface area contributed by atoms with Crippen LogP contribution >= 0.6 is 0 Å².